The van der Waals surface area contributed by atoms with Crippen LogP contribution in [0.25, 0.3) is 11.1 Å². The van der Waals surface area contributed by atoms with Crippen molar-refractivity contribution >= 4 is 5.97 Å². The number of halogens is 1. The maximum Gasteiger partial charge on any atom is 0.306 e. The monoisotopic (exact) mass is 358 g/mol. The van der Waals surface area contributed by atoms with E-state index in [1.54, 1.807) is 21.0 Å². The SMILES string of the molecule is CCOC(=O)C[C@H](C)c1cc(-c2c(C)cc(OC)cc2C)cc(C)c1F. The summed E-state index contributed by atoms with van der Waals surface area (Å²) in [6, 6.07) is 7.66. The van der Waals surface area contributed by atoms with Crippen LogP contribution in [0.2, 0.25) is 0 Å². The molecule has 1 atom stereocenters. The van der Waals surface area contributed by atoms with E-state index in [1.807, 2.05) is 45.0 Å². The van der Waals surface area contributed by atoms with Crippen LogP contribution in [-0.2, 0) is 9.53 Å². The van der Waals surface area contributed by atoms with E-state index in [-0.39, 0.29) is 24.1 Å². The lowest BCUT2D eigenvalue weighted by atomic mass is 9.88. The minimum absolute atomic E-state index is 0.161. The largest absolute Gasteiger partial charge is 0.497 e. The molecule has 0 aliphatic rings. The van der Waals surface area contributed by atoms with Crippen molar-refractivity contribution in [2.45, 2.75) is 47.0 Å². The van der Waals surface area contributed by atoms with Crippen molar-refractivity contribution in [2.24, 2.45) is 0 Å². The summed E-state index contributed by atoms with van der Waals surface area (Å²) in [6.45, 7) is 9.75. The molecule has 0 fully saturated rings. The van der Waals surface area contributed by atoms with Crippen molar-refractivity contribution in [3.8, 4) is 16.9 Å². The second kappa shape index (κ2) is 8.35. The fraction of sp³-hybridized carbons (Fsp3) is 0.409. The zero-order valence-electron chi connectivity index (χ0n) is 16.4. The van der Waals surface area contributed by atoms with Crippen LogP contribution in [-0.4, -0.2) is 19.7 Å². The lowest BCUT2D eigenvalue weighted by Crippen LogP contribution is -2.10. The molecule has 0 radical (unpaired) electrons. The Bertz CT molecular complexity index is 788. The van der Waals surface area contributed by atoms with Gasteiger partial charge in [-0.05, 0) is 91.3 Å². The fourth-order valence-corrected chi connectivity index (χ4v) is 3.38. The van der Waals surface area contributed by atoms with Gasteiger partial charge in [-0.25, -0.2) is 4.39 Å². The zero-order valence-corrected chi connectivity index (χ0v) is 16.4. The van der Waals surface area contributed by atoms with E-state index in [9.17, 15) is 9.18 Å². The molecule has 2 aromatic rings. The third-order valence-corrected chi connectivity index (χ3v) is 4.62. The van der Waals surface area contributed by atoms with Gasteiger partial charge in [0.2, 0.25) is 0 Å². The molecule has 0 bridgehead atoms. The number of hydrogen-bond acceptors (Lipinski definition) is 3. The average molecular weight is 358 g/mol. The number of carbonyl (C=O) groups is 1. The predicted molar refractivity (Wildman–Crippen MR) is 102 cm³/mol. The van der Waals surface area contributed by atoms with Crippen LogP contribution in [0.5, 0.6) is 5.75 Å². The summed E-state index contributed by atoms with van der Waals surface area (Å²) in [4.78, 5) is 11.8. The number of benzene rings is 2. The topological polar surface area (TPSA) is 35.5 Å². The molecule has 0 aromatic heterocycles. The van der Waals surface area contributed by atoms with Crippen molar-refractivity contribution < 1.29 is 18.7 Å². The van der Waals surface area contributed by atoms with Crippen molar-refractivity contribution in [3.63, 3.8) is 0 Å². The summed E-state index contributed by atoms with van der Waals surface area (Å²) in [6.07, 6.45) is 0.161. The Kier molecular flexibility index (Phi) is 6.41. The van der Waals surface area contributed by atoms with Crippen molar-refractivity contribution in [3.05, 3.63) is 52.3 Å². The number of carbonyl (C=O) groups excluding carboxylic acids is 1. The molecule has 4 heteroatoms. The van der Waals surface area contributed by atoms with Crippen LogP contribution in [0.3, 0.4) is 0 Å². The second-order valence-corrected chi connectivity index (χ2v) is 6.74. The highest BCUT2D eigenvalue weighted by atomic mass is 19.1. The van der Waals surface area contributed by atoms with Gasteiger partial charge < -0.3 is 9.47 Å². The quantitative estimate of drug-likeness (QED) is 0.641. The van der Waals surface area contributed by atoms with Gasteiger partial charge in [0.25, 0.3) is 0 Å². The van der Waals surface area contributed by atoms with Gasteiger partial charge in [0.1, 0.15) is 11.6 Å². The van der Waals surface area contributed by atoms with Crippen LogP contribution in [0.4, 0.5) is 4.39 Å². The Labute approximate surface area is 155 Å². The van der Waals surface area contributed by atoms with Gasteiger partial charge in [0, 0.05) is 0 Å². The van der Waals surface area contributed by atoms with Crippen molar-refractivity contribution in [1.82, 2.24) is 0 Å². The number of ether oxygens (including phenoxy) is 2. The van der Waals surface area contributed by atoms with Gasteiger partial charge in [-0.1, -0.05) is 6.92 Å². The highest BCUT2D eigenvalue weighted by Gasteiger charge is 2.19. The molecule has 140 valence electrons. The third-order valence-electron chi connectivity index (χ3n) is 4.62. The highest BCUT2D eigenvalue weighted by Crippen LogP contribution is 2.35. The molecule has 0 aliphatic carbocycles. The van der Waals surface area contributed by atoms with E-state index in [1.165, 1.54) is 0 Å². The van der Waals surface area contributed by atoms with E-state index in [2.05, 4.69) is 0 Å². The highest BCUT2D eigenvalue weighted by molar-refractivity contribution is 5.74. The first-order valence-electron chi connectivity index (χ1n) is 8.89. The van der Waals surface area contributed by atoms with E-state index in [0.29, 0.717) is 17.7 Å². The Balaban J connectivity index is 2.50. The van der Waals surface area contributed by atoms with Crippen molar-refractivity contribution in [2.75, 3.05) is 13.7 Å². The smallest absolute Gasteiger partial charge is 0.306 e. The molecular weight excluding hydrogens is 331 g/mol. The summed E-state index contributed by atoms with van der Waals surface area (Å²) >= 11 is 0. The molecule has 2 aromatic carbocycles. The minimum atomic E-state index is -0.306. The van der Waals surface area contributed by atoms with E-state index >= 15 is 0 Å². The number of aryl methyl sites for hydroxylation is 3. The van der Waals surface area contributed by atoms with Gasteiger partial charge in [0.05, 0.1) is 20.1 Å². The average Bonchev–Trinajstić information content (AvgIpc) is 2.57. The molecule has 0 saturated heterocycles. The molecule has 0 aliphatic heterocycles. The molecule has 3 nitrogen and oxygen atoms in total. The van der Waals surface area contributed by atoms with Crippen LogP contribution in [0.1, 0.15) is 48.4 Å². The third kappa shape index (κ3) is 4.24. The Morgan fingerprint density at radius 2 is 1.69 bits per heavy atom. The maximum absolute atomic E-state index is 14.7. The van der Waals surface area contributed by atoms with Gasteiger partial charge in [-0.15, -0.1) is 0 Å². The predicted octanol–water partition coefficient (Wildman–Crippen LogP) is 5.48. The lowest BCUT2D eigenvalue weighted by molar-refractivity contribution is -0.143. The zero-order chi connectivity index (χ0) is 19.4. The normalized spacial score (nSPS) is 12.0. The number of hydrogen-bond donors (Lipinski definition) is 0. The van der Waals surface area contributed by atoms with E-state index < -0.39 is 0 Å². The van der Waals surface area contributed by atoms with Gasteiger partial charge in [-0.3, -0.25) is 4.79 Å². The van der Waals surface area contributed by atoms with Gasteiger partial charge in [-0.2, -0.15) is 0 Å². The summed E-state index contributed by atoms with van der Waals surface area (Å²) < 4.78 is 25.1. The maximum atomic E-state index is 14.7. The van der Waals surface area contributed by atoms with Crippen LogP contribution < -0.4 is 4.74 Å². The minimum Gasteiger partial charge on any atom is -0.497 e. The van der Waals surface area contributed by atoms with Crippen LogP contribution in [0.15, 0.2) is 24.3 Å². The van der Waals surface area contributed by atoms with E-state index in [4.69, 9.17) is 9.47 Å². The second-order valence-electron chi connectivity index (χ2n) is 6.74. The Morgan fingerprint density at radius 3 is 2.23 bits per heavy atom. The Morgan fingerprint density at radius 1 is 1.08 bits per heavy atom. The summed E-state index contributed by atoms with van der Waals surface area (Å²) in [5, 5.41) is 0. The van der Waals surface area contributed by atoms with Gasteiger partial charge >= 0.3 is 5.97 Å². The molecule has 0 saturated carbocycles. The first-order chi connectivity index (χ1) is 12.3. The molecule has 2 rings (SSSR count). The number of esters is 1. The molecule has 0 unspecified atom stereocenters. The lowest BCUT2D eigenvalue weighted by Gasteiger charge is -2.18. The van der Waals surface area contributed by atoms with Crippen molar-refractivity contribution in [1.29, 1.82) is 0 Å². The standard InChI is InChI=1S/C22H27FO3/c1-7-26-20(24)11-13(2)19-12-17(8-16(5)22(19)23)21-14(3)9-18(25-6)10-15(21)4/h8-10,12-13H,7,11H2,1-6H3/t13-/m0/s1. The molecule has 0 N–H and O–H groups in total. The summed E-state index contributed by atoms with van der Waals surface area (Å²) in [5.41, 5.74) is 5.27. The number of methoxy groups -OCH3 is 1. The van der Waals surface area contributed by atoms with Crippen LogP contribution in [0, 0.1) is 26.6 Å². The first-order valence-corrected chi connectivity index (χ1v) is 8.89. The molecule has 0 amide bonds. The molecule has 26 heavy (non-hydrogen) atoms. The van der Waals surface area contributed by atoms with Crippen LogP contribution >= 0.6 is 0 Å². The Hall–Kier alpha value is -2.36. The first kappa shape index (κ1) is 20.0. The summed E-state index contributed by atoms with van der Waals surface area (Å²) in [5.74, 6) is -0.0151. The van der Waals surface area contributed by atoms with E-state index in [0.717, 1.165) is 28.0 Å². The number of rotatable bonds is 6. The molecule has 0 spiro atoms. The van der Waals surface area contributed by atoms with Gasteiger partial charge in [0.15, 0.2) is 0 Å². The molecular formula is C22H27FO3. The summed E-state index contributed by atoms with van der Waals surface area (Å²) in [7, 11) is 1.64. The molecule has 0 heterocycles. The fourth-order valence-electron chi connectivity index (χ4n) is 3.38.